The molecule has 0 amide bonds. The van der Waals surface area contributed by atoms with Crippen LogP contribution < -0.4 is 4.74 Å². The number of halogens is 4. The maximum Gasteiger partial charge on any atom is 0.411 e. The fraction of sp³-hybridized carbons (Fsp3) is 0.462. The predicted molar refractivity (Wildman–Crippen MR) is 66.5 cm³/mol. The molecule has 0 saturated carbocycles. The number of carbonyl (C=O) groups is 1. The van der Waals surface area contributed by atoms with Gasteiger partial charge in [0.25, 0.3) is 0 Å². The van der Waals surface area contributed by atoms with E-state index in [1.807, 2.05) is 0 Å². The van der Waals surface area contributed by atoms with Gasteiger partial charge in [-0.3, -0.25) is 4.79 Å². The molecule has 0 aliphatic carbocycles. The van der Waals surface area contributed by atoms with Crippen LogP contribution in [0.25, 0.3) is 0 Å². The fourth-order valence-electron chi connectivity index (χ4n) is 1.96. The number of hydrogen-bond acceptors (Lipinski definition) is 3. The van der Waals surface area contributed by atoms with E-state index in [0.717, 1.165) is 5.56 Å². The van der Waals surface area contributed by atoms with E-state index in [9.17, 15) is 18.0 Å². The Hall–Kier alpha value is -1.27. The van der Waals surface area contributed by atoms with E-state index >= 15 is 0 Å². The number of alkyl halides is 3. The molecule has 0 bridgehead atoms. The van der Waals surface area contributed by atoms with Crippen molar-refractivity contribution in [3.63, 3.8) is 0 Å². The van der Waals surface area contributed by atoms with Gasteiger partial charge in [0.2, 0.25) is 0 Å². The summed E-state index contributed by atoms with van der Waals surface area (Å²) < 4.78 is 45.5. The second-order valence-electron chi connectivity index (χ2n) is 4.38. The molecule has 0 unspecified atom stereocenters. The Morgan fingerprint density at radius 2 is 2.15 bits per heavy atom. The number of ether oxygens (including phenoxy) is 2. The molecule has 0 aromatic heterocycles. The molecule has 0 radical (unpaired) electrons. The topological polar surface area (TPSA) is 35.5 Å². The Bertz CT molecular complexity index is 514. The smallest absolute Gasteiger partial charge is 0.411 e. The van der Waals surface area contributed by atoms with Crippen LogP contribution >= 0.6 is 11.6 Å². The first kappa shape index (κ1) is 15.1. The first-order chi connectivity index (χ1) is 9.37. The van der Waals surface area contributed by atoms with Crippen molar-refractivity contribution >= 4 is 17.4 Å². The minimum Gasteiger partial charge on any atom is -0.492 e. The highest BCUT2D eigenvalue weighted by molar-refractivity contribution is 6.31. The van der Waals surface area contributed by atoms with Crippen LogP contribution in [0.5, 0.6) is 5.75 Å². The lowest BCUT2D eigenvalue weighted by Crippen LogP contribution is -2.18. The lowest BCUT2D eigenvalue weighted by molar-refractivity contribution is -0.173. The highest BCUT2D eigenvalue weighted by atomic mass is 35.5. The van der Waals surface area contributed by atoms with Crippen molar-refractivity contribution in [2.45, 2.75) is 19.0 Å². The number of carbonyl (C=O) groups excluding carboxylic acids is 1. The third-order valence-corrected chi connectivity index (χ3v) is 3.01. The number of benzene rings is 1. The predicted octanol–water partition coefficient (Wildman–Crippen LogP) is 3.43. The average Bonchev–Trinajstić information content (AvgIpc) is 2.80. The van der Waals surface area contributed by atoms with Gasteiger partial charge < -0.3 is 9.47 Å². The third kappa shape index (κ3) is 3.86. The lowest BCUT2D eigenvalue weighted by atomic mass is 10.0. The van der Waals surface area contributed by atoms with Gasteiger partial charge in [0, 0.05) is 17.9 Å². The summed E-state index contributed by atoms with van der Waals surface area (Å²) in [6, 6.07) is 3.19. The van der Waals surface area contributed by atoms with Crippen LogP contribution in [-0.2, 0) is 11.2 Å². The summed E-state index contributed by atoms with van der Waals surface area (Å²) in [4.78, 5) is 12.0. The summed E-state index contributed by atoms with van der Waals surface area (Å²) in [7, 11) is 0. The monoisotopic (exact) mass is 308 g/mol. The van der Waals surface area contributed by atoms with Crippen LogP contribution in [0, 0.1) is 0 Å². The Morgan fingerprint density at radius 3 is 2.85 bits per heavy atom. The van der Waals surface area contributed by atoms with Crippen molar-refractivity contribution in [1.82, 2.24) is 0 Å². The van der Waals surface area contributed by atoms with Crippen LogP contribution in [-0.4, -0.2) is 31.8 Å². The van der Waals surface area contributed by atoms with Crippen LogP contribution in [0.2, 0.25) is 5.02 Å². The standard InChI is InChI=1S/C13H12ClF3O3/c14-9-5-8-1-4-20-12(8)10(6-9)11(18)2-3-19-7-13(15,16)17/h5-6H,1-4,7H2. The third-order valence-electron chi connectivity index (χ3n) is 2.79. The second-order valence-corrected chi connectivity index (χ2v) is 4.82. The van der Waals surface area contributed by atoms with Crippen molar-refractivity contribution in [3.8, 4) is 5.75 Å². The van der Waals surface area contributed by atoms with Crippen LogP contribution in [0.3, 0.4) is 0 Å². The molecule has 20 heavy (non-hydrogen) atoms. The van der Waals surface area contributed by atoms with E-state index < -0.39 is 12.8 Å². The summed E-state index contributed by atoms with van der Waals surface area (Å²) in [6.45, 7) is -1.18. The number of rotatable bonds is 5. The minimum absolute atomic E-state index is 0.147. The van der Waals surface area contributed by atoms with Gasteiger partial charge in [-0.15, -0.1) is 0 Å². The second kappa shape index (κ2) is 6.01. The number of hydrogen-bond donors (Lipinski definition) is 0. The minimum atomic E-state index is -4.39. The molecular formula is C13H12ClF3O3. The zero-order valence-corrected chi connectivity index (χ0v) is 11.2. The largest absolute Gasteiger partial charge is 0.492 e. The van der Waals surface area contributed by atoms with Crippen LogP contribution in [0.1, 0.15) is 22.3 Å². The molecule has 7 heteroatoms. The molecule has 0 saturated heterocycles. The van der Waals surface area contributed by atoms with E-state index in [1.54, 1.807) is 6.07 Å². The number of Topliss-reactive ketones (excluding diaryl/α,β-unsaturated/α-hetero) is 1. The highest BCUT2D eigenvalue weighted by Gasteiger charge is 2.27. The maximum atomic E-state index is 12.0. The summed E-state index contributed by atoms with van der Waals surface area (Å²) in [5, 5.41) is 0.411. The van der Waals surface area contributed by atoms with E-state index in [0.29, 0.717) is 29.4 Å². The summed E-state index contributed by atoms with van der Waals surface area (Å²) in [5.74, 6) is 0.142. The van der Waals surface area contributed by atoms with Crippen molar-refractivity contribution in [3.05, 3.63) is 28.3 Å². The average molecular weight is 309 g/mol. The van der Waals surface area contributed by atoms with E-state index in [1.165, 1.54) is 6.07 Å². The molecule has 0 fully saturated rings. The first-order valence-electron chi connectivity index (χ1n) is 6.00. The van der Waals surface area contributed by atoms with E-state index in [4.69, 9.17) is 16.3 Å². The van der Waals surface area contributed by atoms with Gasteiger partial charge in [-0.2, -0.15) is 13.2 Å². The van der Waals surface area contributed by atoms with Crippen LogP contribution in [0.4, 0.5) is 13.2 Å². The number of ketones is 1. The van der Waals surface area contributed by atoms with E-state index in [-0.39, 0.29) is 18.8 Å². The molecule has 0 spiro atoms. The van der Waals surface area contributed by atoms with Gasteiger partial charge in [-0.05, 0) is 17.7 Å². The normalized spacial score (nSPS) is 14.0. The molecule has 3 nitrogen and oxygen atoms in total. The van der Waals surface area contributed by atoms with Gasteiger partial charge in [0.05, 0.1) is 18.8 Å². The molecule has 2 rings (SSSR count). The van der Waals surface area contributed by atoms with Gasteiger partial charge in [0.15, 0.2) is 5.78 Å². The summed E-state index contributed by atoms with van der Waals surface area (Å²) >= 11 is 5.91. The van der Waals surface area contributed by atoms with Crippen LogP contribution in [0.15, 0.2) is 12.1 Å². The Morgan fingerprint density at radius 1 is 1.40 bits per heavy atom. The molecule has 1 aromatic carbocycles. The zero-order valence-electron chi connectivity index (χ0n) is 10.4. The molecule has 0 N–H and O–H groups in total. The summed E-state index contributed by atoms with van der Waals surface area (Å²) in [5.41, 5.74) is 1.15. The molecular weight excluding hydrogens is 297 g/mol. The quantitative estimate of drug-likeness (QED) is 0.617. The SMILES string of the molecule is O=C(CCOCC(F)(F)F)c1cc(Cl)cc2c1OCC2. The van der Waals surface area contributed by atoms with Gasteiger partial charge in [-0.1, -0.05) is 11.6 Å². The number of fused-ring (bicyclic) bond motifs is 1. The van der Waals surface area contributed by atoms with Crippen molar-refractivity contribution < 1.29 is 27.4 Å². The molecule has 1 aliphatic rings. The van der Waals surface area contributed by atoms with Gasteiger partial charge in [-0.25, -0.2) is 0 Å². The highest BCUT2D eigenvalue weighted by Crippen LogP contribution is 2.33. The Kier molecular flexibility index (Phi) is 4.55. The zero-order chi connectivity index (χ0) is 14.8. The fourth-order valence-corrected chi connectivity index (χ4v) is 2.20. The van der Waals surface area contributed by atoms with Crippen molar-refractivity contribution in [2.75, 3.05) is 19.8 Å². The molecule has 110 valence electrons. The Balaban J connectivity index is 1.97. The van der Waals surface area contributed by atoms with Gasteiger partial charge >= 0.3 is 6.18 Å². The maximum absolute atomic E-state index is 12.0. The molecule has 0 atom stereocenters. The summed E-state index contributed by atoms with van der Waals surface area (Å²) in [6.07, 6.45) is -3.86. The molecule has 1 aliphatic heterocycles. The molecule has 1 heterocycles. The van der Waals surface area contributed by atoms with Gasteiger partial charge in [0.1, 0.15) is 12.4 Å². The van der Waals surface area contributed by atoms with Crippen molar-refractivity contribution in [1.29, 1.82) is 0 Å². The lowest BCUT2D eigenvalue weighted by Gasteiger charge is -2.09. The van der Waals surface area contributed by atoms with E-state index in [2.05, 4.69) is 4.74 Å². The Labute approximate surface area is 118 Å². The first-order valence-corrected chi connectivity index (χ1v) is 6.37. The van der Waals surface area contributed by atoms with Crippen molar-refractivity contribution in [2.24, 2.45) is 0 Å². The molecule has 1 aromatic rings.